The van der Waals surface area contributed by atoms with Crippen LogP contribution in [0.4, 0.5) is 5.69 Å². The van der Waals surface area contributed by atoms with Gasteiger partial charge in [0.1, 0.15) is 5.82 Å². The van der Waals surface area contributed by atoms with Crippen molar-refractivity contribution in [3.63, 3.8) is 0 Å². The molecule has 0 N–H and O–H groups in total. The molecular weight excluding hydrogens is 250 g/mol. The third-order valence-electron chi connectivity index (χ3n) is 2.83. The second-order valence-electron chi connectivity index (χ2n) is 4.13. The van der Waals surface area contributed by atoms with E-state index in [0.717, 1.165) is 17.8 Å². The predicted octanol–water partition coefficient (Wildman–Crippen LogP) is 2.52. The van der Waals surface area contributed by atoms with E-state index >= 15 is 0 Å². The number of rotatable bonds is 4. The topological polar surface area (TPSA) is 38.1 Å². The van der Waals surface area contributed by atoms with Crippen LogP contribution in [-0.4, -0.2) is 22.9 Å². The number of anilines is 1. The van der Waals surface area contributed by atoms with Crippen LogP contribution in [0.2, 0.25) is 5.02 Å². The molecule has 1 aromatic heterocycles. The van der Waals surface area contributed by atoms with Crippen molar-refractivity contribution in [1.29, 1.82) is 0 Å². The molecule has 5 heteroatoms. The Morgan fingerprint density at radius 1 is 1.50 bits per heavy atom. The Bertz CT molecular complexity index is 565. The minimum Gasteiger partial charge on any atom is -0.367 e. The molecule has 0 aliphatic rings. The smallest absolute Gasteiger partial charge is 0.152 e. The van der Waals surface area contributed by atoms with Gasteiger partial charge in [-0.3, -0.25) is 4.79 Å². The highest BCUT2D eigenvalue weighted by Gasteiger charge is 2.10. The van der Waals surface area contributed by atoms with Crippen molar-refractivity contribution in [3.05, 3.63) is 47.0 Å². The molecule has 0 saturated carbocycles. The van der Waals surface area contributed by atoms with Crippen molar-refractivity contribution in [3.8, 4) is 0 Å². The molecule has 0 saturated heterocycles. The van der Waals surface area contributed by atoms with Crippen molar-refractivity contribution in [2.75, 3.05) is 11.9 Å². The molecule has 0 aliphatic carbocycles. The number of nitrogens with zero attached hydrogens (tertiary/aromatic N) is 3. The number of halogens is 1. The van der Waals surface area contributed by atoms with Gasteiger partial charge < -0.3 is 9.47 Å². The summed E-state index contributed by atoms with van der Waals surface area (Å²) < 4.78 is 1.95. The molecule has 1 heterocycles. The Labute approximate surface area is 111 Å². The molecule has 18 heavy (non-hydrogen) atoms. The van der Waals surface area contributed by atoms with Crippen LogP contribution in [-0.2, 0) is 13.6 Å². The van der Waals surface area contributed by atoms with Gasteiger partial charge in [-0.25, -0.2) is 4.98 Å². The highest BCUT2D eigenvalue weighted by atomic mass is 35.5. The zero-order valence-electron chi connectivity index (χ0n) is 10.3. The van der Waals surface area contributed by atoms with Crippen LogP contribution in [0.1, 0.15) is 16.2 Å². The molecule has 0 fully saturated rings. The maximum absolute atomic E-state index is 11.0. The largest absolute Gasteiger partial charge is 0.367 e. The normalized spacial score (nSPS) is 10.4. The van der Waals surface area contributed by atoms with E-state index in [-0.39, 0.29) is 0 Å². The highest BCUT2D eigenvalue weighted by molar-refractivity contribution is 6.31. The van der Waals surface area contributed by atoms with Gasteiger partial charge in [-0.15, -0.1) is 0 Å². The Morgan fingerprint density at radius 3 is 2.89 bits per heavy atom. The van der Waals surface area contributed by atoms with E-state index in [2.05, 4.69) is 4.98 Å². The first-order valence-electron chi connectivity index (χ1n) is 5.54. The summed E-state index contributed by atoms with van der Waals surface area (Å²) in [6.07, 6.45) is 4.47. The third kappa shape index (κ3) is 2.54. The average Bonchev–Trinajstić information content (AvgIpc) is 2.74. The average molecular weight is 264 g/mol. The molecule has 0 radical (unpaired) electrons. The summed E-state index contributed by atoms with van der Waals surface area (Å²) in [5.74, 6) is 0.935. The second kappa shape index (κ2) is 5.23. The van der Waals surface area contributed by atoms with Crippen LogP contribution in [0.15, 0.2) is 30.6 Å². The van der Waals surface area contributed by atoms with Crippen LogP contribution in [0.25, 0.3) is 0 Å². The first kappa shape index (κ1) is 12.6. The monoisotopic (exact) mass is 263 g/mol. The minimum atomic E-state index is 0.561. The van der Waals surface area contributed by atoms with Gasteiger partial charge in [-0.1, -0.05) is 11.6 Å². The molecule has 4 nitrogen and oxygen atoms in total. The summed E-state index contributed by atoms with van der Waals surface area (Å²) in [7, 11) is 3.86. The van der Waals surface area contributed by atoms with E-state index in [4.69, 9.17) is 11.6 Å². The number of hydrogen-bond donors (Lipinski definition) is 0. The third-order valence-corrected chi connectivity index (χ3v) is 3.06. The standard InChI is InChI=1S/C13H14ClN3O/c1-16-6-5-15-13(16)8-17(2)12-4-3-11(14)7-10(12)9-18/h3-7,9H,8H2,1-2H3. The molecule has 2 aromatic rings. The number of imidazole rings is 1. The lowest BCUT2D eigenvalue weighted by atomic mass is 10.2. The van der Waals surface area contributed by atoms with E-state index < -0.39 is 0 Å². The Morgan fingerprint density at radius 2 is 2.28 bits per heavy atom. The van der Waals surface area contributed by atoms with Crippen LogP contribution in [0.3, 0.4) is 0 Å². The maximum atomic E-state index is 11.0. The minimum absolute atomic E-state index is 0.561. The summed E-state index contributed by atoms with van der Waals surface area (Å²) in [5.41, 5.74) is 1.43. The zero-order chi connectivity index (χ0) is 13.1. The van der Waals surface area contributed by atoms with E-state index in [1.807, 2.05) is 35.8 Å². The number of carbonyl (C=O) groups is 1. The molecule has 0 bridgehead atoms. The quantitative estimate of drug-likeness (QED) is 0.796. The summed E-state index contributed by atoms with van der Waals surface area (Å²) in [5, 5.41) is 0.561. The van der Waals surface area contributed by atoms with Crippen molar-refractivity contribution in [1.82, 2.24) is 9.55 Å². The lowest BCUT2D eigenvalue weighted by Gasteiger charge is -2.20. The van der Waals surface area contributed by atoms with E-state index in [1.165, 1.54) is 0 Å². The fourth-order valence-corrected chi connectivity index (χ4v) is 1.99. The first-order valence-corrected chi connectivity index (χ1v) is 5.91. The SMILES string of the molecule is CN(Cc1nccn1C)c1ccc(Cl)cc1C=O. The predicted molar refractivity (Wildman–Crippen MR) is 72.2 cm³/mol. The molecule has 0 atom stereocenters. The number of aldehydes is 1. The summed E-state index contributed by atoms with van der Waals surface area (Å²) in [6.45, 7) is 0.631. The molecule has 1 aromatic carbocycles. The molecule has 0 amide bonds. The molecule has 0 spiro atoms. The Kier molecular flexibility index (Phi) is 3.67. The number of aryl methyl sites for hydroxylation is 1. The zero-order valence-corrected chi connectivity index (χ0v) is 11.1. The van der Waals surface area contributed by atoms with Gasteiger partial charge in [0.25, 0.3) is 0 Å². The van der Waals surface area contributed by atoms with Gasteiger partial charge in [0.2, 0.25) is 0 Å². The molecule has 2 rings (SSSR count). The number of carbonyl (C=O) groups excluding carboxylic acids is 1. The van der Waals surface area contributed by atoms with Crippen molar-refractivity contribution < 1.29 is 4.79 Å². The van der Waals surface area contributed by atoms with Gasteiger partial charge in [0.05, 0.1) is 6.54 Å². The van der Waals surface area contributed by atoms with Crippen LogP contribution < -0.4 is 4.90 Å². The van der Waals surface area contributed by atoms with E-state index in [1.54, 1.807) is 18.3 Å². The number of aromatic nitrogens is 2. The first-order chi connectivity index (χ1) is 8.61. The van der Waals surface area contributed by atoms with E-state index in [0.29, 0.717) is 17.1 Å². The molecular formula is C13H14ClN3O. The van der Waals surface area contributed by atoms with Crippen molar-refractivity contribution in [2.45, 2.75) is 6.54 Å². The van der Waals surface area contributed by atoms with Crippen LogP contribution in [0.5, 0.6) is 0 Å². The lowest BCUT2D eigenvalue weighted by molar-refractivity contribution is 0.112. The second-order valence-corrected chi connectivity index (χ2v) is 4.57. The van der Waals surface area contributed by atoms with Gasteiger partial charge in [0.15, 0.2) is 6.29 Å². The van der Waals surface area contributed by atoms with Gasteiger partial charge in [0, 0.05) is 42.8 Å². The van der Waals surface area contributed by atoms with Crippen LogP contribution >= 0.6 is 11.6 Å². The summed E-state index contributed by atoms with van der Waals surface area (Å²) in [6, 6.07) is 5.28. The fourth-order valence-electron chi connectivity index (χ4n) is 1.81. The van der Waals surface area contributed by atoms with Crippen molar-refractivity contribution in [2.24, 2.45) is 7.05 Å². The summed E-state index contributed by atoms with van der Waals surface area (Å²) >= 11 is 5.87. The number of benzene rings is 1. The van der Waals surface area contributed by atoms with E-state index in [9.17, 15) is 4.79 Å². The van der Waals surface area contributed by atoms with Gasteiger partial charge >= 0.3 is 0 Å². The van der Waals surface area contributed by atoms with Crippen LogP contribution in [0, 0.1) is 0 Å². The molecule has 94 valence electrons. The molecule has 0 aliphatic heterocycles. The lowest BCUT2D eigenvalue weighted by Crippen LogP contribution is -2.20. The van der Waals surface area contributed by atoms with Gasteiger partial charge in [-0.05, 0) is 18.2 Å². The fraction of sp³-hybridized carbons (Fsp3) is 0.231. The highest BCUT2D eigenvalue weighted by Crippen LogP contribution is 2.23. The Balaban J connectivity index is 2.26. The Hall–Kier alpha value is -1.81. The number of hydrogen-bond acceptors (Lipinski definition) is 3. The maximum Gasteiger partial charge on any atom is 0.152 e. The van der Waals surface area contributed by atoms with Gasteiger partial charge in [-0.2, -0.15) is 0 Å². The molecule has 0 unspecified atom stereocenters. The summed E-state index contributed by atoms with van der Waals surface area (Å²) in [4.78, 5) is 17.3. The van der Waals surface area contributed by atoms with Crippen molar-refractivity contribution >= 4 is 23.6 Å².